The van der Waals surface area contributed by atoms with Gasteiger partial charge in [0.15, 0.2) is 0 Å². The minimum Gasteiger partial charge on any atom is -0.466 e. The molecule has 2 fully saturated rings. The molecule has 0 bridgehead atoms. The van der Waals surface area contributed by atoms with Gasteiger partial charge in [-0.05, 0) is 32.0 Å². The molecule has 2 atom stereocenters. The van der Waals surface area contributed by atoms with Crippen LogP contribution in [0, 0.1) is 0 Å². The Morgan fingerprint density at radius 2 is 1.94 bits per heavy atom. The summed E-state index contributed by atoms with van der Waals surface area (Å²) in [6, 6.07) is 4.28. The van der Waals surface area contributed by atoms with Gasteiger partial charge in [0.2, 0.25) is 0 Å². The maximum absolute atomic E-state index is 12.5. The summed E-state index contributed by atoms with van der Waals surface area (Å²) in [5.74, 6) is -0.862. The zero-order valence-corrected chi connectivity index (χ0v) is 20.1. The molecule has 2 saturated heterocycles. The van der Waals surface area contributed by atoms with Crippen LogP contribution in [0.5, 0.6) is 0 Å². The summed E-state index contributed by atoms with van der Waals surface area (Å²) < 4.78 is 15.8. The van der Waals surface area contributed by atoms with E-state index < -0.39 is 24.1 Å². The van der Waals surface area contributed by atoms with Crippen molar-refractivity contribution < 1.29 is 33.8 Å². The first-order chi connectivity index (χ1) is 16.9. The highest BCUT2D eigenvalue weighted by atomic mass is 16.6. The number of cyclic esters (lactones) is 1. The van der Waals surface area contributed by atoms with E-state index >= 15 is 0 Å². The molecule has 1 aromatic carbocycles. The molecule has 2 unspecified atom stereocenters. The molecule has 0 spiro atoms. The summed E-state index contributed by atoms with van der Waals surface area (Å²) >= 11 is 0. The number of ether oxygens (including phenoxy) is 3. The van der Waals surface area contributed by atoms with Crippen molar-refractivity contribution in [1.82, 2.24) is 9.80 Å². The number of hydrogen-bond donors (Lipinski definition) is 2. The summed E-state index contributed by atoms with van der Waals surface area (Å²) in [7, 11) is 0. The number of carbonyl (C=O) groups is 3. The quantitative estimate of drug-likeness (QED) is 0.121. The van der Waals surface area contributed by atoms with Gasteiger partial charge in [-0.15, -0.1) is 0 Å². The van der Waals surface area contributed by atoms with Crippen molar-refractivity contribution >= 4 is 35.6 Å². The van der Waals surface area contributed by atoms with E-state index in [2.05, 4.69) is 10.1 Å². The third-order valence-corrected chi connectivity index (χ3v) is 5.95. The molecule has 1 amide bonds. The zero-order chi connectivity index (χ0) is 25.4. The predicted molar refractivity (Wildman–Crippen MR) is 128 cm³/mol. The van der Waals surface area contributed by atoms with Crippen molar-refractivity contribution in [3.63, 3.8) is 0 Å². The maximum atomic E-state index is 12.5. The van der Waals surface area contributed by atoms with Crippen LogP contribution >= 0.6 is 0 Å². The summed E-state index contributed by atoms with van der Waals surface area (Å²) in [5, 5.41) is 12.0. The number of amides is 1. The van der Waals surface area contributed by atoms with E-state index in [1.54, 1.807) is 32.0 Å². The first kappa shape index (κ1) is 26.2. The molecular formula is C23H33N5O7. The van der Waals surface area contributed by atoms with E-state index in [9.17, 15) is 14.4 Å². The molecule has 192 valence electrons. The molecule has 12 nitrogen and oxygen atoms in total. The third kappa shape index (κ3) is 6.83. The monoisotopic (exact) mass is 491 g/mol. The van der Waals surface area contributed by atoms with Crippen molar-refractivity contribution in [1.29, 1.82) is 0 Å². The Morgan fingerprint density at radius 3 is 2.60 bits per heavy atom. The van der Waals surface area contributed by atoms with Gasteiger partial charge in [0.1, 0.15) is 12.1 Å². The second kappa shape index (κ2) is 12.4. The van der Waals surface area contributed by atoms with E-state index in [4.69, 9.17) is 25.2 Å². The predicted octanol–water partition coefficient (Wildman–Crippen LogP) is 0.905. The lowest BCUT2D eigenvalue weighted by Gasteiger charge is -2.38. The summed E-state index contributed by atoms with van der Waals surface area (Å²) in [6.45, 7) is 7.19. The fraction of sp³-hybridized carbons (Fsp3) is 0.565. The van der Waals surface area contributed by atoms with E-state index in [1.165, 1.54) is 11.1 Å². The lowest BCUT2D eigenvalue weighted by atomic mass is 10.1. The Kier molecular flexibility index (Phi) is 9.26. The van der Waals surface area contributed by atoms with E-state index in [-0.39, 0.29) is 25.7 Å². The molecule has 0 aromatic heterocycles. The zero-order valence-electron chi connectivity index (χ0n) is 20.1. The molecule has 0 aliphatic carbocycles. The number of nitrogens with two attached hydrogens (primary N) is 1. The second-order valence-corrected chi connectivity index (χ2v) is 8.29. The van der Waals surface area contributed by atoms with Crippen LogP contribution < -0.4 is 10.6 Å². The van der Waals surface area contributed by atoms with Crippen molar-refractivity contribution in [3.05, 3.63) is 23.8 Å². The molecule has 35 heavy (non-hydrogen) atoms. The topological polar surface area (TPSA) is 147 Å². The van der Waals surface area contributed by atoms with Crippen LogP contribution in [0.25, 0.3) is 0 Å². The number of anilines is 2. The molecule has 2 aliphatic heterocycles. The van der Waals surface area contributed by atoms with Gasteiger partial charge >= 0.3 is 18.0 Å². The Labute approximate surface area is 204 Å². The summed E-state index contributed by atoms with van der Waals surface area (Å²) in [4.78, 5) is 42.6. The Balaban J connectivity index is 1.57. The van der Waals surface area contributed by atoms with Crippen LogP contribution in [0.3, 0.4) is 0 Å². The van der Waals surface area contributed by atoms with Gasteiger partial charge in [-0.1, -0.05) is 5.16 Å². The van der Waals surface area contributed by atoms with Crippen LogP contribution in [0.15, 0.2) is 23.4 Å². The first-order valence-corrected chi connectivity index (χ1v) is 11.7. The number of nitrogen functional groups attached to an aromatic ring is 1. The standard InChI is InChI=1S/C23H33N5O7/c1-3-33-21(29)12-20(22(30)34-4-2)27-9-7-26(8-10-27)14-18-15-28(23(31)35-18)19-6-5-17(24)11-16(19)13-25-32/h5-6,11,13,18,20,32H,3-4,7-10,12,14-15,24H2,1-2H3/b25-13-. The molecule has 3 N–H and O–H groups in total. The molecule has 1 aromatic rings. The van der Waals surface area contributed by atoms with Crippen molar-refractivity contribution in [2.75, 3.05) is 63.1 Å². The van der Waals surface area contributed by atoms with E-state index in [1.807, 2.05) is 4.90 Å². The van der Waals surface area contributed by atoms with Gasteiger partial charge in [0, 0.05) is 44.0 Å². The number of benzene rings is 1. The fourth-order valence-corrected chi connectivity index (χ4v) is 4.32. The Morgan fingerprint density at radius 1 is 1.23 bits per heavy atom. The van der Waals surface area contributed by atoms with Crippen molar-refractivity contribution in [2.24, 2.45) is 5.16 Å². The first-order valence-electron chi connectivity index (χ1n) is 11.7. The normalized spacial score (nSPS) is 20.1. The second-order valence-electron chi connectivity index (χ2n) is 8.29. The van der Waals surface area contributed by atoms with Gasteiger partial charge in [0.05, 0.1) is 38.1 Å². The Hall–Kier alpha value is -3.38. The van der Waals surface area contributed by atoms with Crippen LogP contribution in [-0.4, -0.2) is 104 Å². The fourth-order valence-electron chi connectivity index (χ4n) is 4.32. The van der Waals surface area contributed by atoms with Gasteiger partial charge in [-0.2, -0.15) is 0 Å². The lowest BCUT2D eigenvalue weighted by Crippen LogP contribution is -2.54. The number of hydrogen-bond acceptors (Lipinski definition) is 11. The van der Waals surface area contributed by atoms with E-state index in [0.29, 0.717) is 56.2 Å². The third-order valence-electron chi connectivity index (χ3n) is 5.95. The molecule has 0 saturated carbocycles. The van der Waals surface area contributed by atoms with Crippen LogP contribution in [0.1, 0.15) is 25.8 Å². The molecule has 2 aliphatic rings. The average molecular weight is 492 g/mol. The maximum Gasteiger partial charge on any atom is 0.414 e. The van der Waals surface area contributed by atoms with Crippen molar-refractivity contribution in [3.8, 4) is 0 Å². The summed E-state index contributed by atoms with van der Waals surface area (Å²) in [6.07, 6.45) is 0.332. The molecule has 3 rings (SSSR count). The minimum atomic E-state index is -0.687. The molecule has 12 heteroatoms. The SMILES string of the molecule is CCOC(=O)CC(C(=O)OCC)N1CCN(CC2CN(c3ccc(N)cc3/C=N\O)C(=O)O2)CC1. The number of nitrogens with zero attached hydrogens (tertiary/aromatic N) is 4. The number of oxime groups is 1. The van der Waals surface area contributed by atoms with Crippen LogP contribution in [-0.2, 0) is 23.8 Å². The summed E-state index contributed by atoms with van der Waals surface area (Å²) in [5.41, 5.74) is 7.34. The number of carbonyl (C=O) groups excluding carboxylic acids is 3. The smallest absolute Gasteiger partial charge is 0.414 e. The molecule has 0 radical (unpaired) electrons. The lowest BCUT2D eigenvalue weighted by molar-refractivity contribution is -0.157. The van der Waals surface area contributed by atoms with Gasteiger partial charge in [-0.3, -0.25) is 24.3 Å². The highest BCUT2D eigenvalue weighted by Gasteiger charge is 2.37. The van der Waals surface area contributed by atoms with E-state index in [0.717, 1.165) is 0 Å². The highest BCUT2D eigenvalue weighted by molar-refractivity contribution is 5.98. The Bertz CT molecular complexity index is 933. The number of rotatable bonds is 10. The largest absolute Gasteiger partial charge is 0.466 e. The highest BCUT2D eigenvalue weighted by Crippen LogP contribution is 2.27. The minimum absolute atomic E-state index is 0.0526. The number of esters is 2. The average Bonchev–Trinajstić information content (AvgIpc) is 3.18. The van der Waals surface area contributed by atoms with Crippen LogP contribution in [0.4, 0.5) is 16.2 Å². The number of piperazine rings is 1. The molecular weight excluding hydrogens is 458 g/mol. The van der Waals surface area contributed by atoms with Crippen molar-refractivity contribution in [2.45, 2.75) is 32.4 Å². The van der Waals surface area contributed by atoms with Gasteiger partial charge in [-0.25, -0.2) is 4.79 Å². The molecule has 2 heterocycles. The van der Waals surface area contributed by atoms with Gasteiger partial charge in [0.25, 0.3) is 0 Å². The van der Waals surface area contributed by atoms with Gasteiger partial charge < -0.3 is 25.2 Å². The van der Waals surface area contributed by atoms with Crippen LogP contribution in [0.2, 0.25) is 0 Å².